The first-order valence-electron chi connectivity index (χ1n) is 5.84. The van der Waals surface area contributed by atoms with Gasteiger partial charge in [-0.3, -0.25) is 0 Å². The Bertz CT molecular complexity index is 644. The molecule has 0 unspecified atom stereocenters. The number of hydrogen-bond acceptors (Lipinski definition) is 5. The van der Waals surface area contributed by atoms with Gasteiger partial charge in [-0.1, -0.05) is 6.07 Å². The summed E-state index contributed by atoms with van der Waals surface area (Å²) in [7, 11) is 0. The molecule has 0 aliphatic carbocycles. The maximum absolute atomic E-state index is 5.52. The van der Waals surface area contributed by atoms with Gasteiger partial charge >= 0.3 is 0 Å². The first-order chi connectivity index (χ1) is 8.88. The van der Waals surface area contributed by atoms with Crippen molar-refractivity contribution in [1.82, 2.24) is 19.8 Å². The minimum Gasteiger partial charge on any atom is -0.330 e. The zero-order valence-electron chi connectivity index (χ0n) is 9.78. The van der Waals surface area contributed by atoms with Crippen LogP contribution in [0.4, 0.5) is 0 Å². The van der Waals surface area contributed by atoms with Gasteiger partial charge in [0.2, 0.25) is 0 Å². The Labute approximate surface area is 108 Å². The fraction of sp³-hybridized carbons (Fsp3) is 0.250. The van der Waals surface area contributed by atoms with Gasteiger partial charge in [0, 0.05) is 6.42 Å². The molecule has 3 heterocycles. The molecule has 3 aromatic rings. The quantitative estimate of drug-likeness (QED) is 0.775. The molecule has 3 aromatic heterocycles. The summed E-state index contributed by atoms with van der Waals surface area (Å²) in [5, 5.41) is 14.9. The van der Waals surface area contributed by atoms with Crippen LogP contribution in [0, 0.1) is 0 Å². The van der Waals surface area contributed by atoms with E-state index in [2.05, 4.69) is 21.4 Å². The number of fused-ring (bicyclic) bond motifs is 1. The van der Waals surface area contributed by atoms with Crippen LogP contribution in [0.5, 0.6) is 0 Å². The van der Waals surface area contributed by atoms with Crippen LogP contribution >= 0.6 is 11.3 Å². The minimum atomic E-state index is 0.652. The van der Waals surface area contributed by atoms with E-state index >= 15 is 0 Å². The summed E-state index contributed by atoms with van der Waals surface area (Å²) in [4.78, 5) is 1.15. The van der Waals surface area contributed by atoms with Crippen LogP contribution < -0.4 is 5.73 Å². The Balaban J connectivity index is 2.04. The van der Waals surface area contributed by atoms with Crippen molar-refractivity contribution in [3.8, 4) is 10.6 Å². The lowest BCUT2D eigenvalue weighted by Gasteiger charge is -2.00. The second-order valence-electron chi connectivity index (χ2n) is 3.97. The van der Waals surface area contributed by atoms with Crippen LogP contribution in [0.25, 0.3) is 16.2 Å². The Morgan fingerprint density at radius 2 is 2.17 bits per heavy atom. The molecule has 0 radical (unpaired) electrons. The largest absolute Gasteiger partial charge is 0.330 e. The topological polar surface area (TPSA) is 69.1 Å². The van der Waals surface area contributed by atoms with E-state index in [1.165, 1.54) is 0 Å². The molecule has 5 nitrogen and oxygen atoms in total. The standard InChI is InChI=1S/C12H13N5S/c13-7-1-4-11-14-15-12-6-5-9(16-17(11)12)10-3-2-8-18-10/h2-3,5-6,8H,1,4,7,13H2. The molecule has 0 aliphatic heterocycles. The summed E-state index contributed by atoms with van der Waals surface area (Å²) in [5.74, 6) is 0.869. The normalized spacial score (nSPS) is 11.2. The Morgan fingerprint density at radius 3 is 2.94 bits per heavy atom. The van der Waals surface area contributed by atoms with Crippen molar-refractivity contribution < 1.29 is 0 Å². The van der Waals surface area contributed by atoms with Gasteiger partial charge in [-0.25, -0.2) is 0 Å². The lowest BCUT2D eigenvalue weighted by molar-refractivity contribution is 0.741. The van der Waals surface area contributed by atoms with E-state index in [9.17, 15) is 0 Å². The second-order valence-corrected chi connectivity index (χ2v) is 4.92. The van der Waals surface area contributed by atoms with Crippen LogP contribution in [0.1, 0.15) is 12.2 Å². The monoisotopic (exact) mass is 259 g/mol. The fourth-order valence-electron chi connectivity index (χ4n) is 1.81. The van der Waals surface area contributed by atoms with E-state index in [4.69, 9.17) is 5.73 Å². The summed E-state index contributed by atoms with van der Waals surface area (Å²) in [6.45, 7) is 0.652. The third kappa shape index (κ3) is 2.00. The minimum absolute atomic E-state index is 0.652. The van der Waals surface area contributed by atoms with Crippen LogP contribution in [0.2, 0.25) is 0 Å². The van der Waals surface area contributed by atoms with Crippen molar-refractivity contribution in [3.63, 3.8) is 0 Å². The number of aromatic nitrogens is 4. The zero-order chi connectivity index (χ0) is 12.4. The molecule has 0 aliphatic rings. The summed E-state index contributed by atoms with van der Waals surface area (Å²) in [5.41, 5.74) is 7.25. The van der Waals surface area contributed by atoms with E-state index in [0.717, 1.165) is 34.9 Å². The Morgan fingerprint density at radius 1 is 1.22 bits per heavy atom. The highest BCUT2D eigenvalue weighted by Gasteiger charge is 2.08. The average Bonchev–Trinajstić information content (AvgIpc) is 3.05. The number of hydrogen-bond donors (Lipinski definition) is 1. The second kappa shape index (κ2) is 4.83. The lowest BCUT2D eigenvalue weighted by atomic mass is 10.3. The van der Waals surface area contributed by atoms with Crippen molar-refractivity contribution in [2.24, 2.45) is 5.73 Å². The number of thiophene rings is 1. The van der Waals surface area contributed by atoms with Crippen LogP contribution in [-0.4, -0.2) is 26.4 Å². The maximum Gasteiger partial charge on any atom is 0.177 e. The molecule has 3 rings (SSSR count). The van der Waals surface area contributed by atoms with E-state index in [1.54, 1.807) is 11.3 Å². The molecule has 0 aromatic carbocycles. The van der Waals surface area contributed by atoms with Crippen molar-refractivity contribution in [3.05, 3.63) is 35.5 Å². The van der Waals surface area contributed by atoms with Gasteiger partial charge in [0.25, 0.3) is 0 Å². The molecule has 0 fully saturated rings. The Hall–Kier alpha value is -1.79. The average molecular weight is 259 g/mol. The van der Waals surface area contributed by atoms with Crippen molar-refractivity contribution in [2.75, 3.05) is 6.54 Å². The van der Waals surface area contributed by atoms with Crippen LogP contribution in [-0.2, 0) is 6.42 Å². The predicted octanol–water partition coefficient (Wildman–Crippen LogP) is 1.74. The van der Waals surface area contributed by atoms with Gasteiger partial charge in [0.05, 0.1) is 4.88 Å². The lowest BCUT2D eigenvalue weighted by Crippen LogP contribution is -2.05. The molecule has 0 amide bonds. The van der Waals surface area contributed by atoms with E-state index in [0.29, 0.717) is 6.54 Å². The summed E-state index contributed by atoms with van der Waals surface area (Å²) >= 11 is 1.67. The summed E-state index contributed by atoms with van der Waals surface area (Å²) in [6, 6.07) is 8.00. The number of aryl methyl sites for hydroxylation is 1. The fourth-order valence-corrected chi connectivity index (χ4v) is 2.50. The van der Waals surface area contributed by atoms with Gasteiger partial charge in [-0.2, -0.15) is 9.61 Å². The molecule has 0 spiro atoms. The summed E-state index contributed by atoms with van der Waals surface area (Å²) < 4.78 is 1.81. The van der Waals surface area contributed by atoms with E-state index in [1.807, 2.05) is 28.1 Å². The highest BCUT2D eigenvalue weighted by Crippen LogP contribution is 2.22. The van der Waals surface area contributed by atoms with Gasteiger partial charge in [-0.05, 0) is 36.5 Å². The molecule has 18 heavy (non-hydrogen) atoms. The number of rotatable bonds is 4. The predicted molar refractivity (Wildman–Crippen MR) is 71.5 cm³/mol. The van der Waals surface area contributed by atoms with Crippen molar-refractivity contribution in [1.29, 1.82) is 0 Å². The number of nitrogens with two attached hydrogens (primary N) is 1. The Kier molecular flexibility index (Phi) is 3.04. The SMILES string of the molecule is NCCCc1nnc2ccc(-c3cccs3)nn12. The van der Waals surface area contributed by atoms with Crippen molar-refractivity contribution >= 4 is 17.0 Å². The van der Waals surface area contributed by atoms with E-state index in [-0.39, 0.29) is 0 Å². The smallest absolute Gasteiger partial charge is 0.177 e. The maximum atomic E-state index is 5.52. The molecule has 0 bridgehead atoms. The van der Waals surface area contributed by atoms with Gasteiger partial charge < -0.3 is 5.73 Å². The molecular weight excluding hydrogens is 246 g/mol. The highest BCUT2D eigenvalue weighted by molar-refractivity contribution is 7.13. The van der Waals surface area contributed by atoms with Crippen molar-refractivity contribution in [2.45, 2.75) is 12.8 Å². The van der Waals surface area contributed by atoms with E-state index < -0.39 is 0 Å². The molecule has 0 saturated heterocycles. The third-order valence-electron chi connectivity index (χ3n) is 2.71. The molecular formula is C12H13N5S. The van der Waals surface area contributed by atoms with Gasteiger partial charge in [-0.15, -0.1) is 21.5 Å². The molecule has 2 N–H and O–H groups in total. The third-order valence-corrected chi connectivity index (χ3v) is 3.60. The number of nitrogens with zero attached hydrogens (tertiary/aromatic N) is 4. The van der Waals surface area contributed by atoms with Gasteiger partial charge in [0.1, 0.15) is 5.69 Å². The molecule has 0 saturated carbocycles. The van der Waals surface area contributed by atoms with Crippen LogP contribution in [0.3, 0.4) is 0 Å². The summed E-state index contributed by atoms with van der Waals surface area (Å²) in [6.07, 6.45) is 1.70. The molecule has 6 heteroatoms. The molecule has 92 valence electrons. The zero-order valence-corrected chi connectivity index (χ0v) is 10.6. The first-order valence-corrected chi connectivity index (χ1v) is 6.72. The van der Waals surface area contributed by atoms with Crippen LogP contribution in [0.15, 0.2) is 29.6 Å². The molecule has 0 atom stereocenters. The highest BCUT2D eigenvalue weighted by atomic mass is 32.1. The van der Waals surface area contributed by atoms with Gasteiger partial charge in [0.15, 0.2) is 11.5 Å². The first kappa shape index (κ1) is 11.3.